The van der Waals surface area contributed by atoms with Gasteiger partial charge in [0.15, 0.2) is 0 Å². The van der Waals surface area contributed by atoms with Crippen molar-refractivity contribution >= 4 is 13.0 Å². The van der Waals surface area contributed by atoms with Gasteiger partial charge in [-0.25, -0.2) is 5.06 Å². The number of aliphatic hydroxyl groups is 1. The molecule has 7 heteroatoms. The van der Waals surface area contributed by atoms with Crippen molar-refractivity contribution < 1.29 is 19.7 Å². The van der Waals surface area contributed by atoms with Gasteiger partial charge < -0.3 is 15.0 Å². The Morgan fingerprint density at radius 3 is 2.18 bits per heavy atom. The smallest absolute Gasteiger partial charge is 0.260 e. The van der Waals surface area contributed by atoms with Crippen molar-refractivity contribution in [2.45, 2.75) is 38.7 Å². The Labute approximate surface area is 102 Å². The molecular formula is C10H23N2O4P. The first-order valence-electron chi connectivity index (χ1n) is 5.54. The average Bonchev–Trinajstić information content (AvgIpc) is 2.21. The van der Waals surface area contributed by atoms with Crippen molar-refractivity contribution in [3.63, 3.8) is 0 Å². The van der Waals surface area contributed by atoms with Crippen molar-refractivity contribution in [3.8, 4) is 0 Å². The largest absolute Gasteiger partial charge is 0.384 e. The van der Waals surface area contributed by atoms with Crippen LogP contribution in [0.2, 0.25) is 0 Å². The lowest BCUT2D eigenvalue weighted by molar-refractivity contribution is -0.171. The first-order valence-corrected chi connectivity index (χ1v) is 8.21. The van der Waals surface area contributed by atoms with Crippen molar-refractivity contribution in [3.05, 3.63) is 0 Å². The van der Waals surface area contributed by atoms with E-state index in [0.717, 1.165) is 0 Å². The molecule has 102 valence electrons. The highest BCUT2D eigenvalue weighted by Crippen LogP contribution is 2.42. The third-order valence-corrected chi connectivity index (χ3v) is 4.13. The minimum absolute atomic E-state index is 0.104. The predicted molar refractivity (Wildman–Crippen MR) is 66.7 cm³/mol. The number of carbonyl (C=O) groups is 1. The summed E-state index contributed by atoms with van der Waals surface area (Å²) in [7, 11) is -2.61. The highest BCUT2D eigenvalue weighted by atomic mass is 31.2. The molecule has 1 amide bonds. The molecule has 0 saturated heterocycles. The highest BCUT2D eigenvalue weighted by molar-refractivity contribution is 7.62. The maximum absolute atomic E-state index is 11.6. The van der Waals surface area contributed by atoms with Gasteiger partial charge in [-0.2, -0.15) is 0 Å². The second-order valence-electron chi connectivity index (χ2n) is 4.85. The number of rotatable bonds is 6. The fourth-order valence-electron chi connectivity index (χ4n) is 1.26. The number of hydrogen-bond donors (Lipinski definition) is 3. The standard InChI is InChI=1S/C10H23N2O4P/c1-7(2)12(15)9(13)6-11-8(3)10(14)17(4,5)16/h7-8,10-11,14-15H,6H2,1-5H3. The number of carbonyl (C=O) groups excluding carboxylic acids is 1. The fourth-order valence-corrected chi connectivity index (χ4v) is 2.44. The number of amides is 1. The lowest BCUT2D eigenvalue weighted by Gasteiger charge is -2.25. The molecule has 2 atom stereocenters. The normalized spacial score (nSPS) is 15.8. The van der Waals surface area contributed by atoms with E-state index in [1.165, 1.54) is 13.3 Å². The molecule has 0 aliphatic rings. The van der Waals surface area contributed by atoms with Crippen LogP contribution >= 0.6 is 7.14 Å². The minimum Gasteiger partial charge on any atom is -0.384 e. The lowest BCUT2D eigenvalue weighted by Crippen LogP contribution is -2.45. The summed E-state index contributed by atoms with van der Waals surface area (Å²) in [5.41, 5.74) is 0. The third-order valence-electron chi connectivity index (χ3n) is 2.40. The average molecular weight is 266 g/mol. The summed E-state index contributed by atoms with van der Waals surface area (Å²) in [6.07, 6.45) is 0. The molecule has 0 spiro atoms. The molecule has 6 nitrogen and oxygen atoms in total. The van der Waals surface area contributed by atoms with E-state index >= 15 is 0 Å². The molecule has 0 saturated carbocycles. The molecule has 2 unspecified atom stereocenters. The van der Waals surface area contributed by atoms with Crippen molar-refractivity contribution in [2.24, 2.45) is 0 Å². The first-order chi connectivity index (χ1) is 7.57. The Balaban J connectivity index is 4.22. The molecule has 0 aliphatic heterocycles. The maximum Gasteiger partial charge on any atom is 0.260 e. The first kappa shape index (κ1) is 16.6. The van der Waals surface area contributed by atoms with E-state index in [1.807, 2.05) is 0 Å². The SMILES string of the molecule is CC(NCC(=O)N(O)C(C)C)C(O)P(C)(C)=O. The number of nitrogens with zero attached hydrogens (tertiary/aromatic N) is 1. The molecule has 0 radical (unpaired) electrons. The third kappa shape index (κ3) is 5.64. The zero-order chi connectivity index (χ0) is 13.8. The Kier molecular flexibility index (Phi) is 6.34. The minimum atomic E-state index is -2.61. The van der Waals surface area contributed by atoms with Gasteiger partial charge in [0.05, 0.1) is 12.6 Å². The Morgan fingerprint density at radius 2 is 1.82 bits per heavy atom. The Morgan fingerprint density at radius 1 is 1.35 bits per heavy atom. The molecule has 0 bridgehead atoms. The molecule has 0 aromatic heterocycles. The van der Waals surface area contributed by atoms with E-state index in [1.54, 1.807) is 20.8 Å². The van der Waals surface area contributed by atoms with Gasteiger partial charge in [0.25, 0.3) is 5.91 Å². The lowest BCUT2D eigenvalue weighted by atomic mass is 10.3. The quantitative estimate of drug-likeness (QED) is 0.371. The van der Waals surface area contributed by atoms with Crippen LogP contribution in [-0.2, 0) is 9.36 Å². The van der Waals surface area contributed by atoms with Gasteiger partial charge in [0.1, 0.15) is 13.0 Å². The van der Waals surface area contributed by atoms with E-state index in [0.29, 0.717) is 5.06 Å². The summed E-state index contributed by atoms with van der Waals surface area (Å²) in [6, 6.07) is -0.770. The van der Waals surface area contributed by atoms with Gasteiger partial charge >= 0.3 is 0 Å². The van der Waals surface area contributed by atoms with Gasteiger partial charge in [-0.1, -0.05) is 0 Å². The molecule has 0 fully saturated rings. The zero-order valence-electron chi connectivity index (χ0n) is 11.0. The van der Waals surface area contributed by atoms with Crippen LogP contribution in [0.4, 0.5) is 0 Å². The number of hydrogen-bond acceptors (Lipinski definition) is 5. The van der Waals surface area contributed by atoms with Gasteiger partial charge in [-0.15, -0.1) is 0 Å². The predicted octanol–water partition coefficient (Wildman–Crippen LogP) is 0.532. The Hall–Kier alpha value is -0.420. The fraction of sp³-hybridized carbons (Fsp3) is 0.900. The monoisotopic (exact) mass is 266 g/mol. The summed E-state index contributed by atoms with van der Waals surface area (Å²) < 4.78 is 11.6. The van der Waals surface area contributed by atoms with Gasteiger partial charge in [-0.05, 0) is 34.1 Å². The van der Waals surface area contributed by atoms with E-state index in [2.05, 4.69) is 5.32 Å². The van der Waals surface area contributed by atoms with Crippen molar-refractivity contribution in [2.75, 3.05) is 19.9 Å². The van der Waals surface area contributed by atoms with Crippen LogP contribution in [0.15, 0.2) is 0 Å². The van der Waals surface area contributed by atoms with Crippen LogP contribution in [0.25, 0.3) is 0 Å². The van der Waals surface area contributed by atoms with Crippen LogP contribution in [0.5, 0.6) is 0 Å². The number of hydroxylamine groups is 2. The summed E-state index contributed by atoms with van der Waals surface area (Å²) >= 11 is 0. The molecule has 3 N–H and O–H groups in total. The summed E-state index contributed by atoms with van der Waals surface area (Å²) in [5, 5.41) is 22.4. The summed E-state index contributed by atoms with van der Waals surface area (Å²) in [4.78, 5) is 11.4. The van der Waals surface area contributed by atoms with Gasteiger partial charge in [0.2, 0.25) is 0 Å². The number of nitrogens with one attached hydrogen (secondary N) is 1. The molecule has 0 aliphatic carbocycles. The molecular weight excluding hydrogens is 243 g/mol. The second-order valence-corrected chi connectivity index (χ2v) is 8.25. The van der Waals surface area contributed by atoms with Crippen LogP contribution in [0.1, 0.15) is 20.8 Å². The van der Waals surface area contributed by atoms with E-state index in [4.69, 9.17) is 0 Å². The van der Waals surface area contributed by atoms with Crippen LogP contribution in [0, 0.1) is 0 Å². The molecule has 0 rings (SSSR count). The van der Waals surface area contributed by atoms with Gasteiger partial charge in [-0.3, -0.25) is 10.0 Å². The molecule has 0 aromatic rings. The Bertz CT molecular complexity index is 303. The molecule has 0 aromatic carbocycles. The topological polar surface area (TPSA) is 89.9 Å². The van der Waals surface area contributed by atoms with Crippen LogP contribution in [0.3, 0.4) is 0 Å². The van der Waals surface area contributed by atoms with Gasteiger partial charge in [0, 0.05) is 6.04 Å². The summed E-state index contributed by atoms with van der Waals surface area (Å²) in [6.45, 7) is 7.89. The maximum atomic E-state index is 11.6. The van der Waals surface area contributed by atoms with E-state index < -0.39 is 24.9 Å². The van der Waals surface area contributed by atoms with Crippen LogP contribution < -0.4 is 5.32 Å². The van der Waals surface area contributed by atoms with E-state index in [-0.39, 0.29) is 12.6 Å². The number of aliphatic hydroxyl groups excluding tert-OH is 1. The summed E-state index contributed by atoms with van der Waals surface area (Å²) in [5.74, 6) is -1.48. The molecule has 17 heavy (non-hydrogen) atoms. The van der Waals surface area contributed by atoms with Crippen LogP contribution in [-0.4, -0.2) is 59.1 Å². The highest BCUT2D eigenvalue weighted by Gasteiger charge is 2.27. The second kappa shape index (κ2) is 6.50. The van der Waals surface area contributed by atoms with Crippen molar-refractivity contribution in [1.82, 2.24) is 10.4 Å². The molecule has 0 heterocycles. The van der Waals surface area contributed by atoms with Crippen molar-refractivity contribution in [1.29, 1.82) is 0 Å². The van der Waals surface area contributed by atoms with E-state index in [9.17, 15) is 19.7 Å². The zero-order valence-corrected chi connectivity index (χ0v) is 11.9.